The summed E-state index contributed by atoms with van der Waals surface area (Å²) in [4.78, 5) is 22.7. The van der Waals surface area contributed by atoms with Crippen LogP contribution < -0.4 is 10.1 Å². The Labute approximate surface area is 127 Å². The van der Waals surface area contributed by atoms with Crippen LogP contribution in [0.2, 0.25) is 0 Å². The van der Waals surface area contributed by atoms with Crippen molar-refractivity contribution in [3.8, 4) is 5.75 Å². The van der Waals surface area contributed by atoms with Gasteiger partial charge in [0, 0.05) is 12.1 Å². The third-order valence-electron chi connectivity index (χ3n) is 3.08. The lowest BCUT2D eigenvalue weighted by atomic mass is 10.2. The van der Waals surface area contributed by atoms with Crippen LogP contribution >= 0.6 is 0 Å². The first kappa shape index (κ1) is 15.6. The topological polar surface area (TPSA) is 88.8 Å². The van der Waals surface area contributed by atoms with Crippen molar-refractivity contribution in [2.45, 2.75) is 13.5 Å². The normalized spacial score (nSPS) is 11.7. The van der Waals surface area contributed by atoms with Crippen molar-refractivity contribution in [2.75, 3.05) is 6.54 Å². The van der Waals surface area contributed by atoms with E-state index >= 15 is 0 Å². The second-order valence-corrected chi connectivity index (χ2v) is 4.83. The SMILES string of the molecule is CC(CNC(=O)c1occc1COc1ccccc1)C(=O)O. The number of ether oxygens (including phenoxy) is 1. The molecule has 0 aliphatic heterocycles. The maximum absolute atomic E-state index is 12.0. The minimum absolute atomic E-state index is 0.0356. The number of aliphatic carboxylic acids is 1. The molecule has 6 heteroatoms. The van der Waals surface area contributed by atoms with Gasteiger partial charge >= 0.3 is 5.97 Å². The van der Waals surface area contributed by atoms with Crippen molar-refractivity contribution in [3.05, 3.63) is 54.0 Å². The second kappa shape index (κ2) is 7.31. The van der Waals surface area contributed by atoms with E-state index in [0.29, 0.717) is 11.3 Å². The number of nitrogens with one attached hydrogen (secondary N) is 1. The molecule has 116 valence electrons. The van der Waals surface area contributed by atoms with Gasteiger partial charge in [-0.25, -0.2) is 0 Å². The maximum atomic E-state index is 12.0. The molecule has 2 N–H and O–H groups in total. The van der Waals surface area contributed by atoms with E-state index in [4.69, 9.17) is 14.3 Å². The van der Waals surface area contributed by atoms with Gasteiger partial charge in [0.05, 0.1) is 12.2 Å². The predicted octanol–water partition coefficient (Wildman–Crippen LogP) is 2.31. The third kappa shape index (κ3) is 4.12. The van der Waals surface area contributed by atoms with Crippen LogP contribution in [0.15, 0.2) is 47.1 Å². The van der Waals surface area contributed by atoms with Gasteiger partial charge < -0.3 is 19.6 Å². The summed E-state index contributed by atoms with van der Waals surface area (Å²) in [6.45, 7) is 1.75. The van der Waals surface area contributed by atoms with Crippen LogP contribution in [0.25, 0.3) is 0 Å². The Bertz CT molecular complexity index is 635. The molecule has 22 heavy (non-hydrogen) atoms. The molecule has 0 bridgehead atoms. The Balaban J connectivity index is 1.94. The summed E-state index contributed by atoms with van der Waals surface area (Å²) < 4.78 is 10.7. The van der Waals surface area contributed by atoms with Crippen LogP contribution in [0.3, 0.4) is 0 Å². The Hall–Kier alpha value is -2.76. The standard InChI is InChI=1S/C16H17NO5/c1-11(16(19)20)9-17-15(18)14-12(7-8-21-14)10-22-13-5-3-2-4-6-13/h2-8,11H,9-10H2,1H3,(H,17,18)(H,19,20). The first-order valence-corrected chi connectivity index (χ1v) is 6.83. The highest BCUT2D eigenvalue weighted by Crippen LogP contribution is 2.15. The zero-order valence-corrected chi connectivity index (χ0v) is 12.1. The summed E-state index contributed by atoms with van der Waals surface area (Å²) >= 11 is 0. The molecule has 2 rings (SSSR count). The molecule has 0 aliphatic rings. The van der Waals surface area contributed by atoms with Gasteiger partial charge in [-0.2, -0.15) is 0 Å². The van der Waals surface area contributed by atoms with Crippen LogP contribution in [-0.2, 0) is 11.4 Å². The number of carboxylic acids is 1. The lowest BCUT2D eigenvalue weighted by Crippen LogP contribution is -2.31. The van der Waals surface area contributed by atoms with Crippen molar-refractivity contribution in [3.63, 3.8) is 0 Å². The summed E-state index contributed by atoms with van der Waals surface area (Å²) in [5.74, 6) is -1.26. The molecule has 1 aromatic heterocycles. The number of furan rings is 1. The molecular formula is C16H17NO5. The summed E-state index contributed by atoms with van der Waals surface area (Å²) in [7, 11) is 0. The average molecular weight is 303 g/mol. The van der Waals surface area contributed by atoms with Crippen LogP contribution in [0.5, 0.6) is 5.75 Å². The van der Waals surface area contributed by atoms with Gasteiger partial charge in [-0.3, -0.25) is 9.59 Å². The summed E-state index contributed by atoms with van der Waals surface area (Å²) in [5.41, 5.74) is 0.601. The highest BCUT2D eigenvalue weighted by Gasteiger charge is 2.18. The molecule has 2 aromatic rings. The van der Waals surface area contributed by atoms with Crippen molar-refractivity contribution in [2.24, 2.45) is 5.92 Å². The number of carbonyl (C=O) groups is 2. The monoisotopic (exact) mass is 303 g/mol. The quantitative estimate of drug-likeness (QED) is 0.819. The zero-order valence-electron chi connectivity index (χ0n) is 12.1. The molecule has 6 nitrogen and oxygen atoms in total. The molecule has 1 atom stereocenters. The van der Waals surface area contributed by atoms with Crippen LogP contribution in [0.4, 0.5) is 0 Å². The van der Waals surface area contributed by atoms with E-state index in [1.807, 2.05) is 30.3 Å². The fraction of sp³-hybridized carbons (Fsp3) is 0.250. The third-order valence-corrected chi connectivity index (χ3v) is 3.08. The Morgan fingerprint density at radius 3 is 2.68 bits per heavy atom. The number of para-hydroxylation sites is 1. The average Bonchev–Trinajstić information content (AvgIpc) is 2.99. The number of carboxylic acid groups (broad SMARTS) is 1. The van der Waals surface area contributed by atoms with E-state index in [1.165, 1.54) is 13.2 Å². The summed E-state index contributed by atoms with van der Waals surface area (Å²) in [5, 5.41) is 11.3. The number of amides is 1. The summed E-state index contributed by atoms with van der Waals surface area (Å²) in [6, 6.07) is 10.9. The number of hydrogen-bond donors (Lipinski definition) is 2. The van der Waals surface area contributed by atoms with Gasteiger partial charge in [-0.1, -0.05) is 25.1 Å². The molecule has 1 unspecified atom stereocenters. The van der Waals surface area contributed by atoms with Crippen molar-refractivity contribution in [1.29, 1.82) is 0 Å². The largest absolute Gasteiger partial charge is 0.489 e. The zero-order chi connectivity index (χ0) is 15.9. The van der Waals surface area contributed by atoms with Gasteiger partial charge in [-0.05, 0) is 18.2 Å². The van der Waals surface area contributed by atoms with E-state index in [2.05, 4.69) is 5.32 Å². The van der Waals surface area contributed by atoms with E-state index in [1.54, 1.807) is 6.07 Å². The van der Waals surface area contributed by atoms with Gasteiger partial charge in [-0.15, -0.1) is 0 Å². The molecule has 1 heterocycles. The Morgan fingerprint density at radius 1 is 1.27 bits per heavy atom. The van der Waals surface area contributed by atoms with Crippen molar-refractivity contribution >= 4 is 11.9 Å². The Morgan fingerprint density at radius 2 is 2.00 bits per heavy atom. The maximum Gasteiger partial charge on any atom is 0.308 e. The lowest BCUT2D eigenvalue weighted by molar-refractivity contribution is -0.140. The van der Waals surface area contributed by atoms with Gasteiger partial charge in [0.2, 0.25) is 0 Å². The first-order chi connectivity index (χ1) is 10.6. The fourth-order valence-corrected chi connectivity index (χ4v) is 1.74. The van der Waals surface area contributed by atoms with E-state index < -0.39 is 17.8 Å². The highest BCUT2D eigenvalue weighted by atomic mass is 16.5. The number of carbonyl (C=O) groups excluding carboxylic acids is 1. The first-order valence-electron chi connectivity index (χ1n) is 6.83. The number of rotatable bonds is 7. The molecule has 1 amide bonds. The van der Waals surface area contributed by atoms with E-state index in [9.17, 15) is 9.59 Å². The molecule has 0 radical (unpaired) electrons. The number of hydrogen-bond acceptors (Lipinski definition) is 4. The van der Waals surface area contributed by atoms with Gasteiger partial charge in [0.15, 0.2) is 5.76 Å². The van der Waals surface area contributed by atoms with E-state index in [0.717, 1.165) is 0 Å². The molecule has 0 spiro atoms. The minimum Gasteiger partial charge on any atom is -0.489 e. The van der Waals surface area contributed by atoms with Crippen molar-refractivity contribution in [1.82, 2.24) is 5.32 Å². The highest BCUT2D eigenvalue weighted by molar-refractivity contribution is 5.93. The fourth-order valence-electron chi connectivity index (χ4n) is 1.74. The molecule has 0 fully saturated rings. The molecule has 1 aromatic carbocycles. The molecule has 0 saturated heterocycles. The molecule has 0 saturated carbocycles. The number of benzene rings is 1. The summed E-state index contributed by atoms with van der Waals surface area (Å²) in [6.07, 6.45) is 1.40. The predicted molar refractivity (Wildman–Crippen MR) is 78.6 cm³/mol. The van der Waals surface area contributed by atoms with Crippen LogP contribution in [0.1, 0.15) is 23.0 Å². The second-order valence-electron chi connectivity index (χ2n) is 4.83. The minimum atomic E-state index is -0.965. The smallest absolute Gasteiger partial charge is 0.308 e. The van der Waals surface area contributed by atoms with Gasteiger partial charge in [0.25, 0.3) is 5.91 Å². The lowest BCUT2D eigenvalue weighted by Gasteiger charge is -2.09. The van der Waals surface area contributed by atoms with Crippen molar-refractivity contribution < 1.29 is 23.8 Å². The molecular weight excluding hydrogens is 286 g/mol. The molecule has 0 aliphatic carbocycles. The van der Waals surface area contributed by atoms with E-state index in [-0.39, 0.29) is 18.9 Å². The van der Waals surface area contributed by atoms with Gasteiger partial charge in [0.1, 0.15) is 12.4 Å². The Kier molecular flexibility index (Phi) is 5.19. The van der Waals surface area contributed by atoms with Crippen LogP contribution in [0, 0.1) is 5.92 Å². The van der Waals surface area contributed by atoms with Crippen LogP contribution in [-0.4, -0.2) is 23.5 Å².